The fraction of sp³-hybridized carbons (Fsp3) is 0.625. The van der Waals surface area contributed by atoms with Gasteiger partial charge in [0.15, 0.2) is 0 Å². The maximum absolute atomic E-state index is 5.85. The molecule has 1 atom stereocenters. The topological polar surface area (TPSA) is 24.5 Å². The van der Waals surface area contributed by atoms with Crippen LogP contribution in [-0.2, 0) is 0 Å². The number of ether oxygens (including phenoxy) is 1. The van der Waals surface area contributed by atoms with E-state index in [9.17, 15) is 0 Å². The Kier molecular flexibility index (Phi) is 6.64. The first-order chi connectivity index (χ1) is 9.78. The molecular weight excluding hydrogens is 272 g/mol. The summed E-state index contributed by atoms with van der Waals surface area (Å²) in [6.07, 6.45) is 3.70. The molecule has 0 spiro atoms. The standard InChI is InChI=1S/C16H25ClN2O/c1-2-19(13-15-5-3-10-18-15)11-4-12-20-16-8-6-14(17)7-9-16/h6-9,15,18H,2-5,10-13H2,1H3. The molecule has 1 aliphatic heterocycles. The zero-order chi connectivity index (χ0) is 14.2. The molecule has 1 N–H and O–H groups in total. The van der Waals surface area contributed by atoms with E-state index in [1.54, 1.807) is 0 Å². The molecule has 0 saturated carbocycles. The van der Waals surface area contributed by atoms with Gasteiger partial charge in [-0.2, -0.15) is 0 Å². The Morgan fingerprint density at radius 2 is 2.15 bits per heavy atom. The molecule has 1 unspecified atom stereocenters. The summed E-state index contributed by atoms with van der Waals surface area (Å²) < 4.78 is 5.72. The maximum Gasteiger partial charge on any atom is 0.119 e. The van der Waals surface area contributed by atoms with Crippen LogP contribution in [0.2, 0.25) is 5.02 Å². The van der Waals surface area contributed by atoms with E-state index in [4.69, 9.17) is 16.3 Å². The first-order valence-electron chi connectivity index (χ1n) is 7.62. The zero-order valence-corrected chi connectivity index (χ0v) is 13.0. The van der Waals surface area contributed by atoms with Crippen molar-refractivity contribution in [2.75, 3.05) is 32.8 Å². The molecule has 0 radical (unpaired) electrons. The number of halogens is 1. The normalized spacial score (nSPS) is 18.6. The van der Waals surface area contributed by atoms with Gasteiger partial charge in [0.2, 0.25) is 0 Å². The summed E-state index contributed by atoms with van der Waals surface area (Å²) in [6, 6.07) is 8.25. The highest BCUT2D eigenvalue weighted by Crippen LogP contribution is 2.15. The number of likely N-dealkylation sites (N-methyl/N-ethyl adjacent to an activating group) is 1. The van der Waals surface area contributed by atoms with Crippen molar-refractivity contribution < 1.29 is 4.74 Å². The lowest BCUT2D eigenvalue weighted by molar-refractivity contribution is 0.227. The quantitative estimate of drug-likeness (QED) is 0.746. The Bertz CT molecular complexity index is 377. The molecule has 2 rings (SSSR count). The summed E-state index contributed by atoms with van der Waals surface area (Å²) in [4.78, 5) is 2.51. The van der Waals surface area contributed by atoms with Crippen LogP contribution in [0.5, 0.6) is 5.75 Å². The summed E-state index contributed by atoms with van der Waals surface area (Å²) in [5.74, 6) is 0.898. The molecule has 1 saturated heterocycles. The van der Waals surface area contributed by atoms with Gasteiger partial charge in [-0.25, -0.2) is 0 Å². The molecule has 0 aliphatic carbocycles. The van der Waals surface area contributed by atoms with Crippen molar-refractivity contribution in [3.05, 3.63) is 29.3 Å². The van der Waals surface area contributed by atoms with Gasteiger partial charge in [-0.05, 0) is 56.6 Å². The van der Waals surface area contributed by atoms with E-state index < -0.39 is 0 Å². The number of rotatable bonds is 8. The second-order valence-corrected chi connectivity index (χ2v) is 5.78. The molecule has 3 nitrogen and oxygen atoms in total. The Labute approximate surface area is 127 Å². The van der Waals surface area contributed by atoms with Crippen molar-refractivity contribution >= 4 is 11.6 Å². The molecule has 112 valence electrons. The molecule has 0 amide bonds. The number of hydrogen-bond acceptors (Lipinski definition) is 3. The Balaban J connectivity index is 1.62. The van der Waals surface area contributed by atoms with Crippen LogP contribution in [-0.4, -0.2) is 43.7 Å². The molecule has 0 bridgehead atoms. The summed E-state index contributed by atoms with van der Waals surface area (Å²) in [5.41, 5.74) is 0. The van der Waals surface area contributed by atoms with Gasteiger partial charge >= 0.3 is 0 Å². The summed E-state index contributed by atoms with van der Waals surface area (Å²) in [5, 5.41) is 4.31. The van der Waals surface area contributed by atoms with E-state index in [-0.39, 0.29) is 0 Å². The lowest BCUT2D eigenvalue weighted by Crippen LogP contribution is -2.38. The number of nitrogens with one attached hydrogen (secondary N) is 1. The molecule has 1 aromatic rings. The predicted molar refractivity (Wildman–Crippen MR) is 84.7 cm³/mol. The van der Waals surface area contributed by atoms with Crippen molar-refractivity contribution in [2.24, 2.45) is 0 Å². The van der Waals surface area contributed by atoms with Crippen molar-refractivity contribution in [1.82, 2.24) is 10.2 Å². The van der Waals surface area contributed by atoms with E-state index in [0.717, 1.165) is 43.4 Å². The van der Waals surface area contributed by atoms with Gasteiger partial charge in [0.1, 0.15) is 5.75 Å². The summed E-state index contributed by atoms with van der Waals surface area (Å²) in [7, 11) is 0. The van der Waals surface area contributed by atoms with Crippen molar-refractivity contribution in [1.29, 1.82) is 0 Å². The van der Waals surface area contributed by atoms with Gasteiger partial charge in [-0.1, -0.05) is 18.5 Å². The van der Waals surface area contributed by atoms with Crippen LogP contribution in [0.4, 0.5) is 0 Å². The Hall–Kier alpha value is -0.770. The summed E-state index contributed by atoms with van der Waals surface area (Å²) >= 11 is 5.85. The zero-order valence-electron chi connectivity index (χ0n) is 12.3. The lowest BCUT2D eigenvalue weighted by atomic mass is 10.2. The fourth-order valence-electron chi connectivity index (χ4n) is 2.61. The number of benzene rings is 1. The molecule has 1 aliphatic rings. The third kappa shape index (κ3) is 5.31. The third-order valence-corrected chi connectivity index (χ3v) is 4.04. The van der Waals surface area contributed by atoms with Crippen molar-refractivity contribution in [3.63, 3.8) is 0 Å². The minimum Gasteiger partial charge on any atom is -0.494 e. The third-order valence-electron chi connectivity index (χ3n) is 3.79. The van der Waals surface area contributed by atoms with Crippen LogP contribution >= 0.6 is 11.6 Å². The smallest absolute Gasteiger partial charge is 0.119 e. The van der Waals surface area contributed by atoms with Crippen LogP contribution in [0, 0.1) is 0 Å². The van der Waals surface area contributed by atoms with E-state index >= 15 is 0 Å². The first kappa shape index (κ1) is 15.6. The molecule has 1 fully saturated rings. The largest absolute Gasteiger partial charge is 0.494 e. The highest BCUT2D eigenvalue weighted by atomic mass is 35.5. The van der Waals surface area contributed by atoms with Crippen LogP contribution in [0.3, 0.4) is 0 Å². The van der Waals surface area contributed by atoms with E-state index in [1.807, 2.05) is 24.3 Å². The molecule has 1 aromatic carbocycles. The van der Waals surface area contributed by atoms with Gasteiger partial charge in [-0.3, -0.25) is 0 Å². The SMILES string of the molecule is CCN(CCCOc1ccc(Cl)cc1)CC1CCCN1. The molecule has 4 heteroatoms. The number of hydrogen-bond donors (Lipinski definition) is 1. The molecule has 1 heterocycles. The fourth-order valence-corrected chi connectivity index (χ4v) is 2.74. The van der Waals surface area contributed by atoms with Gasteiger partial charge in [-0.15, -0.1) is 0 Å². The van der Waals surface area contributed by atoms with Crippen molar-refractivity contribution in [3.8, 4) is 5.75 Å². The maximum atomic E-state index is 5.85. The Morgan fingerprint density at radius 3 is 2.80 bits per heavy atom. The van der Waals surface area contributed by atoms with E-state index in [0.29, 0.717) is 6.04 Å². The van der Waals surface area contributed by atoms with Gasteiger partial charge in [0.25, 0.3) is 0 Å². The monoisotopic (exact) mass is 296 g/mol. The number of nitrogens with zero attached hydrogens (tertiary/aromatic N) is 1. The van der Waals surface area contributed by atoms with Crippen LogP contribution in [0.25, 0.3) is 0 Å². The van der Waals surface area contributed by atoms with Crippen LogP contribution in [0.1, 0.15) is 26.2 Å². The average Bonchev–Trinajstić information content (AvgIpc) is 2.97. The van der Waals surface area contributed by atoms with Crippen molar-refractivity contribution in [2.45, 2.75) is 32.2 Å². The molecule has 0 aromatic heterocycles. The average molecular weight is 297 g/mol. The minimum atomic E-state index is 0.687. The molecular formula is C16H25ClN2O. The van der Waals surface area contributed by atoms with E-state index in [2.05, 4.69) is 17.1 Å². The highest BCUT2D eigenvalue weighted by molar-refractivity contribution is 6.30. The van der Waals surface area contributed by atoms with Gasteiger partial charge in [0.05, 0.1) is 6.61 Å². The summed E-state index contributed by atoms with van der Waals surface area (Å²) in [6.45, 7) is 7.55. The second kappa shape index (κ2) is 8.50. The predicted octanol–water partition coefficient (Wildman–Crippen LogP) is 3.18. The van der Waals surface area contributed by atoms with Gasteiger partial charge < -0.3 is 15.0 Å². The lowest BCUT2D eigenvalue weighted by Gasteiger charge is -2.24. The first-order valence-corrected chi connectivity index (χ1v) is 8.00. The minimum absolute atomic E-state index is 0.687. The van der Waals surface area contributed by atoms with Crippen LogP contribution in [0.15, 0.2) is 24.3 Å². The van der Waals surface area contributed by atoms with Crippen LogP contribution < -0.4 is 10.1 Å². The van der Waals surface area contributed by atoms with Gasteiger partial charge in [0, 0.05) is 24.2 Å². The molecule has 20 heavy (non-hydrogen) atoms. The van der Waals surface area contributed by atoms with E-state index in [1.165, 1.54) is 19.4 Å². The Morgan fingerprint density at radius 1 is 1.35 bits per heavy atom. The second-order valence-electron chi connectivity index (χ2n) is 5.34. The highest BCUT2D eigenvalue weighted by Gasteiger charge is 2.16.